The van der Waals surface area contributed by atoms with E-state index < -0.39 is 6.55 Å². The van der Waals surface area contributed by atoms with Crippen molar-refractivity contribution in [2.24, 2.45) is 0 Å². The van der Waals surface area contributed by atoms with E-state index >= 15 is 0 Å². The fourth-order valence-corrected chi connectivity index (χ4v) is 4.00. The Morgan fingerprint density at radius 1 is 1.00 bits per heavy atom. The van der Waals surface area contributed by atoms with Gasteiger partial charge in [-0.2, -0.15) is 8.78 Å². The molecule has 3 aromatic rings. The van der Waals surface area contributed by atoms with Crippen LogP contribution in [0.4, 0.5) is 14.5 Å². The van der Waals surface area contributed by atoms with Crippen molar-refractivity contribution in [1.82, 2.24) is 14.5 Å². The monoisotopic (exact) mass is 398 g/mol. The Bertz CT molecular complexity index is 1010. The van der Waals surface area contributed by atoms with Crippen molar-refractivity contribution in [1.29, 1.82) is 0 Å². The number of para-hydroxylation sites is 2. The molecule has 29 heavy (non-hydrogen) atoms. The summed E-state index contributed by atoms with van der Waals surface area (Å²) in [7, 11) is 0. The quantitative estimate of drug-likeness (QED) is 0.593. The number of benzene rings is 2. The first-order valence-electron chi connectivity index (χ1n) is 9.80. The van der Waals surface area contributed by atoms with Gasteiger partial charge in [0.2, 0.25) is 0 Å². The van der Waals surface area contributed by atoms with E-state index in [0.717, 1.165) is 36.4 Å². The number of nitrogens with zero attached hydrogens (tertiary/aromatic N) is 4. The Morgan fingerprint density at radius 3 is 2.28 bits per heavy atom. The predicted octanol–water partition coefficient (Wildman–Crippen LogP) is 4.52. The minimum absolute atomic E-state index is 0.0529. The summed E-state index contributed by atoms with van der Waals surface area (Å²) in [6.07, 6.45) is 0. The van der Waals surface area contributed by atoms with E-state index in [9.17, 15) is 13.6 Å². The van der Waals surface area contributed by atoms with Crippen LogP contribution in [0.2, 0.25) is 0 Å². The molecule has 2 aromatic carbocycles. The molecular formula is C22H24F2N4O. The average molecular weight is 398 g/mol. The summed E-state index contributed by atoms with van der Waals surface area (Å²) in [5, 5.41) is 0. The third kappa shape index (κ3) is 3.74. The predicted molar refractivity (Wildman–Crippen MR) is 110 cm³/mol. The van der Waals surface area contributed by atoms with Gasteiger partial charge in [-0.15, -0.1) is 0 Å². The van der Waals surface area contributed by atoms with Crippen LogP contribution in [0.5, 0.6) is 0 Å². The Labute approximate surface area is 168 Å². The van der Waals surface area contributed by atoms with Crippen LogP contribution < -0.4 is 4.90 Å². The number of alkyl halides is 2. The van der Waals surface area contributed by atoms with Gasteiger partial charge in [0.05, 0.1) is 17.1 Å². The molecule has 1 fully saturated rings. The number of rotatable bonds is 5. The number of fused-ring (bicyclic) bond motifs is 1. The number of anilines is 1. The second kappa shape index (κ2) is 7.91. The molecule has 1 aromatic heterocycles. The van der Waals surface area contributed by atoms with Crippen LogP contribution in [0.3, 0.4) is 0 Å². The van der Waals surface area contributed by atoms with Crippen LogP contribution in [-0.2, 0) is 0 Å². The van der Waals surface area contributed by atoms with Gasteiger partial charge < -0.3 is 4.90 Å². The lowest BCUT2D eigenvalue weighted by Gasteiger charge is -2.39. The van der Waals surface area contributed by atoms with Gasteiger partial charge in [0.15, 0.2) is 5.78 Å². The van der Waals surface area contributed by atoms with E-state index in [-0.39, 0.29) is 11.8 Å². The number of hydrogen-bond acceptors (Lipinski definition) is 4. The topological polar surface area (TPSA) is 41.4 Å². The fraction of sp³-hybridized carbons (Fsp3) is 0.364. The summed E-state index contributed by atoms with van der Waals surface area (Å²) in [6.45, 7) is 3.96. The van der Waals surface area contributed by atoms with Gasteiger partial charge in [0.25, 0.3) is 0 Å². The van der Waals surface area contributed by atoms with Crippen molar-refractivity contribution >= 4 is 22.5 Å². The van der Waals surface area contributed by atoms with Crippen LogP contribution in [0.25, 0.3) is 11.0 Å². The maximum atomic E-state index is 13.8. The van der Waals surface area contributed by atoms with Crippen molar-refractivity contribution < 1.29 is 13.6 Å². The Balaban J connectivity index is 1.49. The van der Waals surface area contributed by atoms with Crippen molar-refractivity contribution in [3.05, 3.63) is 59.9 Å². The molecule has 7 heteroatoms. The zero-order valence-electron chi connectivity index (χ0n) is 16.6. The highest BCUT2D eigenvalue weighted by Gasteiger charge is 2.28. The van der Waals surface area contributed by atoms with Crippen molar-refractivity contribution in [2.45, 2.75) is 26.4 Å². The first-order chi connectivity index (χ1) is 14.0. The molecule has 1 atom stereocenters. The number of aromatic nitrogens is 2. The average Bonchev–Trinajstić information content (AvgIpc) is 3.13. The summed E-state index contributed by atoms with van der Waals surface area (Å²) >= 11 is 0. The number of carbonyl (C=O) groups excluding carboxylic acids is 1. The molecule has 5 nitrogen and oxygen atoms in total. The molecule has 0 radical (unpaired) electrons. The molecule has 1 aliphatic rings. The summed E-state index contributed by atoms with van der Waals surface area (Å²) in [5.74, 6) is 0.456. The van der Waals surface area contributed by atoms with Gasteiger partial charge in [-0.1, -0.05) is 12.1 Å². The van der Waals surface area contributed by atoms with Gasteiger partial charge in [-0.3, -0.25) is 14.3 Å². The molecular weight excluding hydrogens is 374 g/mol. The molecule has 1 unspecified atom stereocenters. The summed E-state index contributed by atoms with van der Waals surface area (Å²) in [4.78, 5) is 20.4. The maximum absolute atomic E-state index is 13.8. The highest BCUT2D eigenvalue weighted by molar-refractivity contribution is 5.94. The lowest BCUT2D eigenvalue weighted by Crippen LogP contribution is -2.47. The van der Waals surface area contributed by atoms with Gasteiger partial charge >= 0.3 is 6.55 Å². The van der Waals surface area contributed by atoms with Crippen molar-refractivity contribution in [3.63, 3.8) is 0 Å². The number of Topliss-reactive ketones (excluding diaryl/α,β-unsaturated/α-hetero) is 1. The molecule has 0 bridgehead atoms. The second-order valence-corrected chi connectivity index (χ2v) is 7.41. The fourth-order valence-electron chi connectivity index (χ4n) is 4.00. The second-order valence-electron chi connectivity index (χ2n) is 7.41. The summed E-state index contributed by atoms with van der Waals surface area (Å²) in [5.41, 5.74) is 2.83. The third-order valence-electron chi connectivity index (χ3n) is 5.69. The normalized spacial score (nSPS) is 16.5. The summed E-state index contributed by atoms with van der Waals surface area (Å²) in [6, 6.07) is 14.4. The van der Waals surface area contributed by atoms with E-state index in [2.05, 4.69) is 14.8 Å². The zero-order valence-corrected chi connectivity index (χ0v) is 16.6. The number of ketones is 1. The molecule has 0 saturated carbocycles. The molecule has 152 valence electrons. The SMILES string of the molecule is CC(=O)c1ccc(N2CCN(C(C)c3nc4ccccc4n3C(F)F)CC2)cc1. The largest absolute Gasteiger partial charge is 0.369 e. The van der Waals surface area contributed by atoms with E-state index in [4.69, 9.17) is 0 Å². The molecule has 4 rings (SSSR count). The Hall–Kier alpha value is -2.80. The van der Waals surface area contributed by atoms with Crippen molar-refractivity contribution in [2.75, 3.05) is 31.1 Å². The molecule has 0 spiro atoms. The van der Waals surface area contributed by atoms with Crippen LogP contribution in [-0.4, -0.2) is 46.4 Å². The molecule has 1 aliphatic heterocycles. The first-order valence-corrected chi connectivity index (χ1v) is 9.80. The highest BCUT2D eigenvalue weighted by Crippen LogP contribution is 2.30. The van der Waals surface area contributed by atoms with E-state index in [1.165, 1.54) is 0 Å². The van der Waals surface area contributed by atoms with Crippen LogP contribution in [0, 0.1) is 0 Å². The Kier molecular flexibility index (Phi) is 5.32. The number of halogens is 2. The standard InChI is InChI=1S/C22H24F2N4O/c1-15(21-25-19-5-3-4-6-20(19)28(21)22(23)24)26-11-13-27(14-12-26)18-9-7-17(8-10-18)16(2)29/h3-10,15,22H,11-14H2,1-2H3. The lowest BCUT2D eigenvalue weighted by molar-refractivity contribution is 0.0641. The van der Waals surface area contributed by atoms with E-state index in [0.29, 0.717) is 22.4 Å². The third-order valence-corrected chi connectivity index (χ3v) is 5.69. The van der Waals surface area contributed by atoms with Crippen molar-refractivity contribution in [3.8, 4) is 0 Å². The van der Waals surface area contributed by atoms with Crippen LogP contribution in [0.15, 0.2) is 48.5 Å². The number of hydrogen-bond donors (Lipinski definition) is 0. The molecule has 1 saturated heterocycles. The van der Waals surface area contributed by atoms with Gasteiger partial charge in [-0.05, 0) is 50.2 Å². The highest BCUT2D eigenvalue weighted by atomic mass is 19.3. The minimum atomic E-state index is -2.62. The Morgan fingerprint density at radius 2 is 1.66 bits per heavy atom. The smallest absolute Gasteiger partial charge is 0.320 e. The minimum Gasteiger partial charge on any atom is -0.369 e. The van der Waals surface area contributed by atoms with Crippen LogP contribution in [0.1, 0.15) is 42.6 Å². The molecule has 0 aliphatic carbocycles. The van der Waals surface area contributed by atoms with Gasteiger partial charge in [0.1, 0.15) is 5.82 Å². The molecule has 0 amide bonds. The van der Waals surface area contributed by atoms with Gasteiger partial charge in [-0.25, -0.2) is 4.98 Å². The van der Waals surface area contributed by atoms with E-state index in [1.54, 1.807) is 25.1 Å². The lowest BCUT2D eigenvalue weighted by atomic mass is 10.1. The first kappa shape index (κ1) is 19.5. The van der Waals surface area contributed by atoms with Crippen LogP contribution >= 0.6 is 0 Å². The number of carbonyl (C=O) groups is 1. The molecule has 2 heterocycles. The maximum Gasteiger partial charge on any atom is 0.320 e. The summed E-state index contributed by atoms with van der Waals surface area (Å²) < 4.78 is 28.6. The van der Waals surface area contributed by atoms with E-state index in [1.807, 2.05) is 37.3 Å². The number of piperazine rings is 1. The molecule has 0 N–H and O–H groups in total. The number of imidazole rings is 1. The zero-order chi connectivity index (χ0) is 20.5. The van der Waals surface area contributed by atoms with Gasteiger partial charge in [0, 0.05) is 37.4 Å².